The number of nitrogen functional groups attached to an aromatic ring is 1. The number of hydrogen-bond acceptors (Lipinski definition) is 3. The van der Waals surface area contributed by atoms with Gasteiger partial charge in [0.05, 0.1) is 11.4 Å². The number of nitrogens with one attached hydrogen (secondary N) is 1. The molecule has 0 aromatic heterocycles. The van der Waals surface area contributed by atoms with E-state index in [1.165, 1.54) is 6.92 Å². The Bertz CT molecular complexity index is 609. The van der Waals surface area contributed by atoms with Crippen LogP contribution in [0.2, 0.25) is 0 Å². The minimum atomic E-state index is -0.158. The molecule has 0 unspecified atom stereocenters. The van der Waals surface area contributed by atoms with Crippen molar-refractivity contribution in [3.63, 3.8) is 0 Å². The Kier molecular flexibility index (Phi) is 4.25. The molecular weight excluding hydrogens is 252 g/mol. The van der Waals surface area contributed by atoms with Crippen molar-refractivity contribution in [2.75, 3.05) is 11.1 Å². The molecule has 2 rings (SSSR count). The van der Waals surface area contributed by atoms with Crippen molar-refractivity contribution in [3.8, 4) is 5.75 Å². The molecule has 20 heavy (non-hydrogen) atoms. The molecule has 2 aromatic rings. The Morgan fingerprint density at radius 1 is 1.25 bits per heavy atom. The summed E-state index contributed by atoms with van der Waals surface area (Å²) in [6, 6.07) is 13.5. The number of rotatable bonds is 4. The van der Waals surface area contributed by atoms with E-state index in [0.717, 1.165) is 11.1 Å². The second kappa shape index (κ2) is 6.10. The minimum Gasteiger partial charge on any atom is -0.489 e. The molecule has 0 aliphatic rings. The van der Waals surface area contributed by atoms with Crippen molar-refractivity contribution in [2.45, 2.75) is 20.5 Å². The van der Waals surface area contributed by atoms with Crippen LogP contribution < -0.4 is 15.8 Å². The van der Waals surface area contributed by atoms with Crippen LogP contribution in [0.15, 0.2) is 42.5 Å². The molecular formula is C16H18N2O2. The van der Waals surface area contributed by atoms with E-state index in [-0.39, 0.29) is 5.91 Å². The van der Waals surface area contributed by atoms with Crippen molar-refractivity contribution in [1.29, 1.82) is 0 Å². The van der Waals surface area contributed by atoms with E-state index in [1.807, 2.05) is 37.3 Å². The smallest absolute Gasteiger partial charge is 0.221 e. The fourth-order valence-corrected chi connectivity index (χ4v) is 1.90. The topological polar surface area (TPSA) is 64.3 Å². The van der Waals surface area contributed by atoms with E-state index in [0.29, 0.717) is 23.7 Å². The number of aryl methyl sites for hydroxylation is 1. The summed E-state index contributed by atoms with van der Waals surface area (Å²) >= 11 is 0. The normalized spacial score (nSPS) is 10.1. The second-order valence-corrected chi connectivity index (χ2v) is 4.66. The van der Waals surface area contributed by atoms with Crippen LogP contribution in [-0.2, 0) is 11.4 Å². The third kappa shape index (κ3) is 3.51. The van der Waals surface area contributed by atoms with Gasteiger partial charge in [-0.2, -0.15) is 0 Å². The maximum absolute atomic E-state index is 11.1. The summed E-state index contributed by atoms with van der Waals surface area (Å²) in [6.07, 6.45) is 0. The third-order valence-corrected chi connectivity index (χ3v) is 2.89. The number of benzene rings is 2. The molecule has 0 fully saturated rings. The molecule has 0 spiro atoms. The van der Waals surface area contributed by atoms with Gasteiger partial charge >= 0.3 is 0 Å². The van der Waals surface area contributed by atoms with Gasteiger partial charge in [-0.3, -0.25) is 4.79 Å². The average molecular weight is 270 g/mol. The van der Waals surface area contributed by atoms with Gasteiger partial charge in [0, 0.05) is 13.0 Å². The predicted molar refractivity (Wildman–Crippen MR) is 80.7 cm³/mol. The van der Waals surface area contributed by atoms with Gasteiger partial charge in [0.1, 0.15) is 12.4 Å². The Hall–Kier alpha value is -2.49. The summed E-state index contributed by atoms with van der Waals surface area (Å²) < 4.78 is 5.79. The first-order valence-electron chi connectivity index (χ1n) is 6.40. The lowest BCUT2D eigenvalue weighted by molar-refractivity contribution is -0.114. The van der Waals surface area contributed by atoms with Crippen molar-refractivity contribution >= 4 is 17.3 Å². The van der Waals surface area contributed by atoms with Crippen LogP contribution >= 0.6 is 0 Å². The number of hydrogen-bond donors (Lipinski definition) is 2. The van der Waals surface area contributed by atoms with Crippen LogP contribution in [0.4, 0.5) is 11.4 Å². The molecule has 2 aromatic carbocycles. The fraction of sp³-hybridized carbons (Fsp3) is 0.188. The highest BCUT2D eigenvalue weighted by atomic mass is 16.5. The van der Waals surface area contributed by atoms with Gasteiger partial charge in [0.15, 0.2) is 0 Å². The van der Waals surface area contributed by atoms with Crippen LogP contribution in [0.25, 0.3) is 0 Å². The van der Waals surface area contributed by atoms with Gasteiger partial charge in [-0.15, -0.1) is 0 Å². The van der Waals surface area contributed by atoms with Crippen LogP contribution in [-0.4, -0.2) is 5.91 Å². The molecule has 4 nitrogen and oxygen atoms in total. The monoisotopic (exact) mass is 270 g/mol. The van der Waals surface area contributed by atoms with E-state index >= 15 is 0 Å². The maximum atomic E-state index is 11.1. The molecule has 0 atom stereocenters. The summed E-state index contributed by atoms with van der Waals surface area (Å²) in [6.45, 7) is 3.85. The first kappa shape index (κ1) is 13.9. The maximum Gasteiger partial charge on any atom is 0.221 e. The highest BCUT2D eigenvalue weighted by Crippen LogP contribution is 2.29. The second-order valence-electron chi connectivity index (χ2n) is 4.66. The summed E-state index contributed by atoms with van der Waals surface area (Å²) in [7, 11) is 0. The van der Waals surface area contributed by atoms with E-state index in [1.54, 1.807) is 12.1 Å². The lowest BCUT2D eigenvalue weighted by Gasteiger charge is -2.13. The van der Waals surface area contributed by atoms with Crippen LogP contribution in [0.1, 0.15) is 18.1 Å². The summed E-state index contributed by atoms with van der Waals surface area (Å²) in [5.74, 6) is 0.557. The van der Waals surface area contributed by atoms with Crippen molar-refractivity contribution in [3.05, 3.63) is 53.6 Å². The molecule has 1 amide bonds. The standard InChI is InChI=1S/C16H18N2O2/c1-11-8-14(17)15(18-12(2)19)9-16(11)20-10-13-6-4-3-5-7-13/h3-9H,10,17H2,1-2H3,(H,18,19). The Balaban J connectivity index is 2.16. The highest BCUT2D eigenvalue weighted by molar-refractivity contribution is 5.92. The van der Waals surface area contributed by atoms with Gasteiger partial charge in [-0.25, -0.2) is 0 Å². The SMILES string of the molecule is CC(=O)Nc1cc(OCc2ccccc2)c(C)cc1N. The van der Waals surface area contributed by atoms with Crippen molar-refractivity contribution < 1.29 is 9.53 Å². The van der Waals surface area contributed by atoms with Crippen molar-refractivity contribution in [1.82, 2.24) is 0 Å². The summed E-state index contributed by atoms with van der Waals surface area (Å²) in [5, 5.41) is 2.69. The number of nitrogens with two attached hydrogens (primary N) is 1. The fourth-order valence-electron chi connectivity index (χ4n) is 1.90. The molecule has 0 saturated carbocycles. The molecule has 104 valence electrons. The van der Waals surface area contributed by atoms with Crippen LogP contribution in [0.3, 0.4) is 0 Å². The van der Waals surface area contributed by atoms with Gasteiger partial charge in [-0.1, -0.05) is 30.3 Å². The van der Waals surface area contributed by atoms with E-state index in [9.17, 15) is 4.79 Å². The zero-order valence-electron chi connectivity index (χ0n) is 11.6. The largest absolute Gasteiger partial charge is 0.489 e. The Labute approximate surface area is 118 Å². The van der Waals surface area contributed by atoms with Gasteiger partial charge in [0.25, 0.3) is 0 Å². The number of anilines is 2. The summed E-state index contributed by atoms with van der Waals surface area (Å²) in [4.78, 5) is 11.1. The summed E-state index contributed by atoms with van der Waals surface area (Å²) in [5.41, 5.74) is 9.01. The number of amides is 1. The first-order valence-corrected chi connectivity index (χ1v) is 6.40. The lowest BCUT2D eigenvalue weighted by Crippen LogP contribution is -2.09. The Morgan fingerprint density at radius 2 is 1.95 bits per heavy atom. The molecule has 0 heterocycles. The Morgan fingerprint density at radius 3 is 2.60 bits per heavy atom. The van der Waals surface area contributed by atoms with Gasteiger partial charge < -0.3 is 15.8 Å². The zero-order valence-corrected chi connectivity index (χ0v) is 11.6. The minimum absolute atomic E-state index is 0.158. The third-order valence-electron chi connectivity index (χ3n) is 2.89. The van der Waals surface area contributed by atoms with E-state index in [2.05, 4.69) is 5.32 Å². The van der Waals surface area contributed by atoms with E-state index in [4.69, 9.17) is 10.5 Å². The van der Waals surface area contributed by atoms with Crippen LogP contribution in [0, 0.1) is 6.92 Å². The average Bonchev–Trinajstić information content (AvgIpc) is 2.41. The molecule has 0 aliphatic carbocycles. The van der Waals surface area contributed by atoms with Gasteiger partial charge in [-0.05, 0) is 24.1 Å². The van der Waals surface area contributed by atoms with Gasteiger partial charge in [0.2, 0.25) is 5.91 Å². The molecule has 4 heteroatoms. The molecule has 0 saturated heterocycles. The highest BCUT2D eigenvalue weighted by Gasteiger charge is 2.07. The molecule has 0 aliphatic heterocycles. The lowest BCUT2D eigenvalue weighted by atomic mass is 10.1. The number of ether oxygens (including phenoxy) is 1. The number of carbonyl (C=O) groups excluding carboxylic acids is 1. The molecule has 3 N–H and O–H groups in total. The van der Waals surface area contributed by atoms with E-state index < -0.39 is 0 Å². The first-order chi connectivity index (χ1) is 9.56. The van der Waals surface area contributed by atoms with Crippen molar-refractivity contribution in [2.24, 2.45) is 0 Å². The zero-order chi connectivity index (χ0) is 14.5. The molecule has 0 radical (unpaired) electrons. The predicted octanol–water partition coefficient (Wildman–Crippen LogP) is 3.11. The quantitative estimate of drug-likeness (QED) is 0.839. The number of carbonyl (C=O) groups is 1. The van der Waals surface area contributed by atoms with Crippen LogP contribution in [0.5, 0.6) is 5.75 Å². The molecule has 0 bridgehead atoms.